The van der Waals surface area contributed by atoms with Crippen LogP contribution in [0.4, 0.5) is 5.69 Å². The van der Waals surface area contributed by atoms with Crippen LogP contribution in [-0.4, -0.2) is 13.1 Å². The van der Waals surface area contributed by atoms with Gasteiger partial charge in [0.2, 0.25) is 0 Å². The molecular formula is C14H13Cl2NO2S. The van der Waals surface area contributed by atoms with Gasteiger partial charge in [0.25, 0.3) is 0 Å². The van der Waals surface area contributed by atoms with Gasteiger partial charge in [0.1, 0.15) is 0 Å². The van der Waals surface area contributed by atoms with E-state index >= 15 is 0 Å². The van der Waals surface area contributed by atoms with E-state index in [-0.39, 0.29) is 5.97 Å². The topological polar surface area (TPSA) is 38.3 Å². The van der Waals surface area contributed by atoms with Crippen molar-refractivity contribution in [2.45, 2.75) is 13.0 Å². The predicted molar refractivity (Wildman–Crippen MR) is 83.8 cm³/mol. The summed E-state index contributed by atoms with van der Waals surface area (Å²) in [5.41, 5.74) is 0.794. The Hall–Kier alpha value is -1.23. The monoisotopic (exact) mass is 329 g/mol. The zero-order chi connectivity index (χ0) is 14.5. The highest BCUT2D eigenvalue weighted by Crippen LogP contribution is 2.26. The molecule has 106 valence electrons. The Morgan fingerprint density at radius 3 is 2.75 bits per heavy atom. The molecule has 0 saturated heterocycles. The summed E-state index contributed by atoms with van der Waals surface area (Å²) in [5, 5.41) is 4.49. The highest BCUT2D eigenvalue weighted by Gasteiger charge is 2.07. The molecule has 2 rings (SSSR count). The average molecular weight is 330 g/mol. The minimum Gasteiger partial charge on any atom is -0.469 e. The van der Waals surface area contributed by atoms with Crippen LogP contribution in [0, 0.1) is 0 Å². The molecule has 0 aliphatic carbocycles. The lowest BCUT2D eigenvalue weighted by atomic mass is 10.3. The van der Waals surface area contributed by atoms with Crippen molar-refractivity contribution in [1.29, 1.82) is 0 Å². The molecule has 0 bridgehead atoms. The lowest BCUT2D eigenvalue weighted by Crippen LogP contribution is -2.02. The Morgan fingerprint density at radius 1 is 1.25 bits per heavy atom. The molecule has 1 aromatic carbocycles. The van der Waals surface area contributed by atoms with Crippen LogP contribution in [0.3, 0.4) is 0 Å². The number of thiophene rings is 1. The van der Waals surface area contributed by atoms with Crippen LogP contribution < -0.4 is 5.32 Å². The number of nitrogens with one attached hydrogen (secondary N) is 1. The molecule has 20 heavy (non-hydrogen) atoms. The maximum absolute atomic E-state index is 11.2. The quantitative estimate of drug-likeness (QED) is 0.827. The summed E-state index contributed by atoms with van der Waals surface area (Å²) in [4.78, 5) is 13.3. The molecule has 0 saturated carbocycles. The fraction of sp³-hybridized carbons (Fsp3) is 0.214. The van der Waals surface area contributed by atoms with Crippen molar-refractivity contribution in [3.63, 3.8) is 0 Å². The number of esters is 1. The second kappa shape index (κ2) is 6.97. The van der Waals surface area contributed by atoms with Crippen molar-refractivity contribution in [2.24, 2.45) is 0 Å². The van der Waals surface area contributed by atoms with Gasteiger partial charge in [0.05, 0.1) is 24.2 Å². The number of anilines is 1. The van der Waals surface area contributed by atoms with E-state index in [0.717, 1.165) is 15.4 Å². The second-order valence-electron chi connectivity index (χ2n) is 4.10. The molecule has 2 aromatic rings. The summed E-state index contributed by atoms with van der Waals surface area (Å²) >= 11 is 13.6. The first-order chi connectivity index (χ1) is 9.58. The fourth-order valence-corrected chi connectivity index (χ4v) is 2.94. The molecule has 0 fully saturated rings. The van der Waals surface area contributed by atoms with E-state index < -0.39 is 0 Å². The minimum absolute atomic E-state index is 0.232. The fourth-order valence-electron chi connectivity index (χ4n) is 1.64. The molecule has 3 nitrogen and oxygen atoms in total. The van der Waals surface area contributed by atoms with Crippen molar-refractivity contribution < 1.29 is 9.53 Å². The Morgan fingerprint density at radius 2 is 2.00 bits per heavy atom. The lowest BCUT2D eigenvalue weighted by Gasteiger charge is -2.07. The number of methoxy groups -OCH3 is 1. The van der Waals surface area contributed by atoms with Crippen LogP contribution in [0.2, 0.25) is 10.0 Å². The Balaban J connectivity index is 1.97. The standard InChI is InChI=1S/C14H13Cl2NO2S/c1-19-14(18)7-10-3-4-11(20-10)8-17-13-6-9(15)2-5-12(13)16/h2-6,17H,7-8H2,1H3. The third-order valence-corrected chi connectivity index (χ3v) is 4.29. The van der Waals surface area contributed by atoms with Gasteiger partial charge >= 0.3 is 5.97 Å². The Kier molecular flexibility index (Phi) is 5.29. The van der Waals surface area contributed by atoms with Crippen LogP contribution in [0.1, 0.15) is 9.75 Å². The van der Waals surface area contributed by atoms with Crippen molar-refractivity contribution in [3.05, 3.63) is 50.1 Å². The third kappa shape index (κ3) is 4.13. The van der Waals surface area contributed by atoms with Gasteiger partial charge < -0.3 is 10.1 Å². The summed E-state index contributed by atoms with van der Waals surface area (Å²) in [6.45, 7) is 0.631. The van der Waals surface area contributed by atoms with E-state index in [9.17, 15) is 4.79 Å². The van der Waals surface area contributed by atoms with Gasteiger partial charge in [0.15, 0.2) is 0 Å². The first-order valence-corrected chi connectivity index (χ1v) is 7.49. The van der Waals surface area contributed by atoms with E-state index in [2.05, 4.69) is 10.1 Å². The SMILES string of the molecule is COC(=O)Cc1ccc(CNc2cc(Cl)ccc2Cl)s1. The van der Waals surface area contributed by atoms with Gasteiger partial charge in [-0.3, -0.25) is 4.79 Å². The highest BCUT2D eigenvalue weighted by molar-refractivity contribution is 7.12. The number of carbonyl (C=O) groups excluding carboxylic acids is 1. The van der Waals surface area contributed by atoms with Gasteiger partial charge in [-0.2, -0.15) is 0 Å². The van der Waals surface area contributed by atoms with Crippen molar-refractivity contribution in [2.75, 3.05) is 12.4 Å². The third-order valence-electron chi connectivity index (χ3n) is 2.65. The molecule has 1 heterocycles. The number of hydrogen-bond acceptors (Lipinski definition) is 4. The molecule has 0 spiro atoms. The second-order valence-corrected chi connectivity index (χ2v) is 6.20. The van der Waals surface area contributed by atoms with E-state index in [4.69, 9.17) is 23.2 Å². The zero-order valence-electron chi connectivity index (χ0n) is 10.8. The van der Waals surface area contributed by atoms with E-state index in [1.54, 1.807) is 29.5 Å². The van der Waals surface area contributed by atoms with Crippen LogP contribution in [0.25, 0.3) is 0 Å². The smallest absolute Gasteiger partial charge is 0.310 e. The largest absolute Gasteiger partial charge is 0.469 e. The summed E-state index contributed by atoms with van der Waals surface area (Å²) in [5.74, 6) is -0.232. The van der Waals surface area contributed by atoms with Crippen LogP contribution in [-0.2, 0) is 22.5 Å². The molecule has 6 heteroatoms. The molecular weight excluding hydrogens is 317 g/mol. The number of ether oxygens (including phenoxy) is 1. The molecule has 0 aliphatic rings. The maximum atomic E-state index is 11.2. The summed E-state index contributed by atoms with van der Waals surface area (Å²) in [7, 11) is 1.39. The van der Waals surface area contributed by atoms with Crippen LogP contribution in [0.15, 0.2) is 30.3 Å². The van der Waals surface area contributed by atoms with Crippen molar-refractivity contribution >= 4 is 46.2 Å². The molecule has 0 amide bonds. The van der Waals surface area contributed by atoms with Gasteiger partial charge in [-0.25, -0.2) is 0 Å². The Labute approximate surface area is 131 Å². The van der Waals surface area contributed by atoms with Crippen LogP contribution in [0.5, 0.6) is 0 Å². The number of hydrogen-bond donors (Lipinski definition) is 1. The zero-order valence-corrected chi connectivity index (χ0v) is 13.1. The minimum atomic E-state index is -0.232. The van der Waals surface area contributed by atoms with Gasteiger partial charge in [-0.1, -0.05) is 23.2 Å². The number of halogens is 2. The van der Waals surface area contributed by atoms with Crippen molar-refractivity contribution in [3.8, 4) is 0 Å². The maximum Gasteiger partial charge on any atom is 0.310 e. The van der Waals surface area contributed by atoms with E-state index in [1.807, 2.05) is 12.1 Å². The molecule has 1 aromatic heterocycles. The first kappa shape index (κ1) is 15.2. The predicted octanol–water partition coefficient (Wildman–Crippen LogP) is 4.38. The van der Waals surface area contributed by atoms with E-state index in [0.29, 0.717) is 23.0 Å². The lowest BCUT2D eigenvalue weighted by molar-refractivity contribution is -0.139. The van der Waals surface area contributed by atoms with Gasteiger partial charge in [-0.15, -0.1) is 11.3 Å². The number of rotatable bonds is 5. The Bertz CT molecular complexity index is 613. The molecule has 1 N–H and O–H groups in total. The van der Waals surface area contributed by atoms with Gasteiger partial charge in [0, 0.05) is 21.3 Å². The highest BCUT2D eigenvalue weighted by atomic mass is 35.5. The molecule has 0 aliphatic heterocycles. The first-order valence-electron chi connectivity index (χ1n) is 5.92. The summed E-state index contributed by atoms with van der Waals surface area (Å²) in [6.07, 6.45) is 0.305. The number of carbonyl (C=O) groups is 1. The van der Waals surface area contributed by atoms with Crippen molar-refractivity contribution in [1.82, 2.24) is 0 Å². The van der Waals surface area contributed by atoms with Crippen LogP contribution >= 0.6 is 34.5 Å². The molecule has 0 atom stereocenters. The summed E-state index contributed by atoms with van der Waals surface area (Å²) in [6, 6.07) is 9.19. The molecule has 0 unspecified atom stereocenters. The molecule has 0 radical (unpaired) electrons. The van der Waals surface area contributed by atoms with Gasteiger partial charge in [-0.05, 0) is 30.3 Å². The number of benzene rings is 1. The normalized spacial score (nSPS) is 10.3. The average Bonchev–Trinajstić information content (AvgIpc) is 2.87. The van der Waals surface area contributed by atoms with E-state index in [1.165, 1.54) is 7.11 Å². The summed E-state index contributed by atoms with van der Waals surface area (Å²) < 4.78 is 4.64.